The molecule has 2 aliphatic rings. The van der Waals surface area contributed by atoms with Crippen molar-refractivity contribution in [2.45, 2.75) is 6.92 Å². The van der Waals surface area contributed by atoms with Gasteiger partial charge in [-0.15, -0.1) is 0 Å². The van der Waals surface area contributed by atoms with Crippen LogP contribution in [0.4, 0.5) is 5.95 Å². The minimum atomic E-state index is 0.444. The molecule has 0 saturated heterocycles. The summed E-state index contributed by atoms with van der Waals surface area (Å²) >= 11 is 0. The molecule has 3 rings (SSSR count). The molecule has 6 nitrogen and oxygen atoms in total. The molecule has 1 aromatic heterocycles. The summed E-state index contributed by atoms with van der Waals surface area (Å²) in [7, 11) is 5.59. The zero-order chi connectivity index (χ0) is 13.7. The van der Waals surface area contributed by atoms with Crippen molar-refractivity contribution >= 4 is 17.0 Å². The second-order valence-electron chi connectivity index (χ2n) is 4.69. The number of anilines is 1. The average molecular weight is 256 g/mol. The predicted molar refractivity (Wildman–Crippen MR) is 74.2 cm³/mol. The number of hydrogen-bond acceptors (Lipinski definition) is 4. The molecule has 2 N–H and O–H groups in total. The van der Waals surface area contributed by atoms with Crippen molar-refractivity contribution in [1.29, 1.82) is 5.41 Å². The van der Waals surface area contributed by atoms with Crippen LogP contribution < -0.4 is 10.9 Å². The van der Waals surface area contributed by atoms with Crippen molar-refractivity contribution in [2.75, 3.05) is 12.4 Å². The van der Waals surface area contributed by atoms with Crippen molar-refractivity contribution in [3.8, 4) is 11.4 Å². The Kier molecular flexibility index (Phi) is 2.35. The molecule has 98 valence electrons. The fraction of sp³-hybridized carbons (Fsp3) is 0.308. The zero-order valence-electron chi connectivity index (χ0n) is 11.4. The van der Waals surface area contributed by atoms with Crippen molar-refractivity contribution in [1.82, 2.24) is 19.1 Å². The van der Waals surface area contributed by atoms with Crippen LogP contribution >= 0.6 is 0 Å². The number of imidazole rings is 2. The normalized spacial score (nSPS) is 11.4. The van der Waals surface area contributed by atoms with Gasteiger partial charge in [0.25, 0.3) is 0 Å². The maximum Gasteiger partial charge on any atom is 0.223 e. The average Bonchev–Trinajstić information content (AvgIpc) is 2.86. The summed E-state index contributed by atoms with van der Waals surface area (Å²) in [5.41, 5.74) is 5.17. The van der Waals surface area contributed by atoms with Gasteiger partial charge in [-0.1, -0.05) is 6.07 Å². The van der Waals surface area contributed by atoms with Crippen LogP contribution in [0.15, 0.2) is 12.1 Å². The number of aryl methyl sites for hydroxylation is 3. The topological polar surface area (TPSA) is 71.5 Å². The van der Waals surface area contributed by atoms with Crippen LogP contribution in [0.5, 0.6) is 0 Å². The molecule has 6 heteroatoms. The van der Waals surface area contributed by atoms with Crippen LogP contribution in [-0.4, -0.2) is 26.1 Å². The molecule has 0 unspecified atom stereocenters. The largest absolute Gasteiger partial charge is 0.357 e. The molecule has 0 bridgehead atoms. The summed E-state index contributed by atoms with van der Waals surface area (Å²) < 4.78 is 3.72. The van der Waals surface area contributed by atoms with Gasteiger partial charge >= 0.3 is 0 Å². The lowest BCUT2D eigenvalue weighted by molar-refractivity contribution is 0.741. The number of aromatic nitrogens is 4. The number of nitrogens with zero attached hydrogens (tertiary/aromatic N) is 4. The molecule has 0 saturated carbocycles. The number of fused-ring (bicyclic) bond motifs is 3. The molecule has 0 fully saturated rings. The van der Waals surface area contributed by atoms with Crippen LogP contribution in [0, 0.1) is 12.3 Å². The molecule has 19 heavy (non-hydrogen) atoms. The summed E-state index contributed by atoms with van der Waals surface area (Å²) in [6.45, 7) is 2.04. The molecule has 0 amide bonds. The quantitative estimate of drug-likeness (QED) is 0.688. The molecule has 0 spiro atoms. The highest BCUT2D eigenvalue weighted by atomic mass is 15.2. The number of rotatable bonds is 1. The van der Waals surface area contributed by atoms with E-state index in [0.29, 0.717) is 11.6 Å². The summed E-state index contributed by atoms with van der Waals surface area (Å²) in [6, 6.07) is 4.00. The fourth-order valence-electron chi connectivity index (χ4n) is 2.52. The maximum atomic E-state index is 8.12. The van der Waals surface area contributed by atoms with Gasteiger partial charge in [0, 0.05) is 21.1 Å². The monoisotopic (exact) mass is 256 g/mol. The predicted octanol–water partition coefficient (Wildman–Crippen LogP) is 1.24. The Labute approximate surface area is 110 Å². The van der Waals surface area contributed by atoms with Crippen molar-refractivity contribution < 1.29 is 0 Å². The third kappa shape index (κ3) is 1.46. The van der Waals surface area contributed by atoms with Crippen molar-refractivity contribution in [2.24, 2.45) is 14.1 Å². The molecule has 0 atom stereocenters. The van der Waals surface area contributed by atoms with Gasteiger partial charge in [0.15, 0.2) is 0 Å². The van der Waals surface area contributed by atoms with Crippen LogP contribution in [-0.2, 0) is 14.1 Å². The van der Waals surface area contributed by atoms with Gasteiger partial charge < -0.3 is 14.5 Å². The molecular weight excluding hydrogens is 240 g/mol. The van der Waals surface area contributed by atoms with E-state index in [1.54, 1.807) is 7.05 Å². The molecule has 0 aromatic carbocycles. The van der Waals surface area contributed by atoms with Crippen molar-refractivity contribution in [3.05, 3.63) is 23.3 Å². The highest BCUT2D eigenvalue weighted by Crippen LogP contribution is 2.29. The van der Waals surface area contributed by atoms with Gasteiger partial charge in [0.05, 0.1) is 16.7 Å². The van der Waals surface area contributed by atoms with E-state index in [1.165, 1.54) is 0 Å². The first-order valence-corrected chi connectivity index (χ1v) is 6.09. The summed E-state index contributed by atoms with van der Waals surface area (Å²) in [5.74, 6) is 0.607. The Morgan fingerprint density at radius 2 is 1.79 bits per heavy atom. The van der Waals surface area contributed by atoms with Gasteiger partial charge in [-0.25, -0.2) is 9.97 Å². The highest BCUT2D eigenvalue weighted by molar-refractivity contribution is 5.92. The molecule has 2 heterocycles. The second-order valence-corrected chi connectivity index (χ2v) is 4.69. The molecule has 1 aliphatic carbocycles. The lowest BCUT2D eigenvalue weighted by Crippen LogP contribution is -2.19. The smallest absolute Gasteiger partial charge is 0.223 e. The first kappa shape index (κ1) is 11.7. The lowest BCUT2D eigenvalue weighted by atomic mass is 10.2. The van der Waals surface area contributed by atoms with Crippen LogP contribution in [0.1, 0.15) is 5.56 Å². The standard InChI is InChI=1S/C13H16N6/c1-7-5-6-8-9(17-13(15-2)16-8)11-10(7)18(3)12(14)19(11)4/h5-6,14H,1-4H3,(H,15,16,17). The number of hydrogen-bond donors (Lipinski definition) is 2. The SMILES string of the molecule is CNc1nc2ccc(C)c3c(c-2n1)n(C)c(=N)n3C. The van der Waals surface area contributed by atoms with Gasteiger partial charge in [0.1, 0.15) is 5.69 Å². The Balaban J connectivity index is 2.61. The molecule has 0 radical (unpaired) electrons. The fourth-order valence-corrected chi connectivity index (χ4v) is 2.52. The van der Waals surface area contributed by atoms with E-state index >= 15 is 0 Å². The Hall–Kier alpha value is -2.37. The minimum absolute atomic E-state index is 0.444. The summed E-state index contributed by atoms with van der Waals surface area (Å²) in [6.07, 6.45) is 0. The van der Waals surface area contributed by atoms with E-state index in [9.17, 15) is 0 Å². The van der Waals surface area contributed by atoms with E-state index in [2.05, 4.69) is 15.3 Å². The first-order valence-electron chi connectivity index (χ1n) is 6.09. The van der Waals surface area contributed by atoms with Gasteiger partial charge in [0.2, 0.25) is 11.6 Å². The first-order chi connectivity index (χ1) is 9.04. The zero-order valence-corrected chi connectivity index (χ0v) is 11.4. The van der Waals surface area contributed by atoms with Crippen molar-refractivity contribution in [3.63, 3.8) is 0 Å². The highest BCUT2D eigenvalue weighted by Gasteiger charge is 2.18. The number of nitrogens with one attached hydrogen (secondary N) is 2. The van der Waals surface area contributed by atoms with Gasteiger partial charge in [-0.3, -0.25) is 5.41 Å². The van der Waals surface area contributed by atoms with Gasteiger partial charge in [-0.2, -0.15) is 0 Å². The molecule has 1 aromatic rings. The lowest BCUT2D eigenvalue weighted by Gasteiger charge is -1.96. The molecular formula is C13H16N6. The van der Waals surface area contributed by atoms with Crippen LogP contribution in [0.25, 0.3) is 22.4 Å². The summed E-state index contributed by atoms with van der Waals surface area (Å²) in [4.78, 5) is 8.95. The van der Waals surface area contributed by atoms with E-state index in [0.717, 1.165) is 28.0 Å². The third-order valence-corrected chi connectivity index (χ3v) is 3.53. The second kappa shape index (κ2) is 3.81. The Bertz CT molecular complexity index is 810. The maximum absolute atomic E-state index is 8.12. The summed E-state index contributed by atoms with van der Waals surface area (Å²) in [5, 5.41) is 11.1. The van der Waals surface area contributed by atoms with E-state index in [1.807, 2.05) is 42.3 Å². The molecule has 1 aliphatic heterocycles. The van der Waals surface area contributed by atoms with E-state index in [-0.39, 0.29) is 0 Å². The Morgan fingerprint density at radius 3 is 2.47 bits per heavy atom. The minimum Gasteiger partial charge on any atom is -0.357 e. The van der Waals surface area contributed by atoms with Gasteiger partial charge in [-0.05, 0) is 18.6 Å². The van der Waals surface area contributed by atoms with E-state index in [4.69, 9.17) is 5.41 Å². The Morgan fingerprint density at radius 1 is 1.11 bits per heavy atom. The van der Waals surface area contributed by atoms with Crippen LogP contribution in [0.3, 0.4) is 0 Å². The van der Waals surface area contributed by atoms with E-state index < -0.39 is 0 Å². The third-order valence-electron chi connectivity index (χ3n) is 3.53. The van der Waals surface area contributed by atoms with Crippen LogP contribution in [0.2, 0.25) is 0 Å².